The Labute approximate surface area is 242 Å². The lowest BCUT2D eigenvalue weighted by Crippen LogP contribution is -2.45. The van der Waals surface area contributed by atoms with Gasteiger partial charge in [-0.05, 0) is 61.1 Å². The van der Waals surface area contributed by atoms with Gasteiger partial charge in [0.05, 0.1) is 26.6 Å². The van der Waals surface area contributed by atoms with Crippen LogP contribution in [0.5, 0.6) is 0 Å². The third kappa shape index (κ3) is 14.9. The van der Waals surface area contributed by atoms with Crippen LogP contribution in [-0.4, -0.2) is 74.1 Å². The average molecular weight is 592 g/mol. The van der Waals surface area contributed by atoms with Crippen molar-refractivity contribution in [1.29, 1.82) is 1.28 Å². The number of nitrogens with one attached hydrogen (secondary N) is 1. The number of methoxy groups -OCH3 is 2. The lowest BCUT2D eigenvalue weighted by atomic mass is 10.0. The molecule has 8 nitrogen and oxygen atoms in total. The van der Waals surface area contributed by atoms with Crippen molar-refractivity contribution >= 4 is 45.0 Å². The minimum atomic E-state index is 0. The van der Waals surface area contributed by atoms with E-state index in [1.54, 1.807) is 39.0 Å². The number of nitrogens with zero attached hydrogens (tertiary/aromatic N) is 3. The molecule has 214 valence electrons. The number of aromatic nitrogens is 2. The molecule has 2 amide bonds. The molecule has 0 saturated carbocycles. The van der Waals surface area contributed by atoms with Gasteiger partial charge in [0.2, 0.25) is 11.8 Å². The molecule has 1 unspecified atom stereocenters. The van der Waals surface area contributed by atoms with E-state index in [1.807, 2.05) is 35.8 Å². The van der Waals surface area contributed by atoms with Gasteiger partial charge in [-0.25, -0.2) is 0 Å². The molecule has 2 fully saturated rings. The fourth-order valence-corrected chi connectivity index (χ4v) is 4.12. The van der Waals surface area contributed by atoms with Gasteiger partial charge in [0.25, 0.3) is 0 Å². The Morgan fingerprint density at radius 2 is 1.55 bits per heavy atom. The van der Waals surface area contributed by atoms with Crippen LogP contribution in [0.4, 0.5) is 0 Å². The molecule has 2 aliphatic rings. The fraction of sp³-hybridized carbons (Fsp3) is 0.556. The Balaban J connectivity index is 0.000000561. The van der Waals surface area contributed by atoms with Crippen molar-refractivity contribution in [3.05, 3.63) is 60.2 Å². The minimum Gasteiger partial charge on any atom is -0.383 e. The zero-order valence-electron chi connectivity index (χ0n) is 23.6. The van der Waals surface area contributed by atoms with Crippen molar-refractivity contribution in [2.24, 2.45) is 0 Å². The summed E-state index contributed by atoms with van der Waals surface area (Å²) < 4.78 is 16.3. The Kier molecular flexibility index (Phi) is 20.8. The Hall–Kier alpha value is -1.83. The van der Waals surface area contributed by atoms with Crippen molar-refractivity contribution < 1.29 is 19.1 Å². The third-order valence-electron chi connectivity index (χ3n) is 5.74. The van der Waals surface area contributed by atoms with E-state index >= 15 is 0 Å². The van der Waals surface area contributed by atoms with E-state index in [4.69, 9.17) is 22.4 Å². The Morgan fingerprint density at radius 1 is 1.00 bits per heavy atom. The molecule has 2 aromatic heterocycles. The van der Waals surface area contributed by atoms with Crippen LogP contribution in [0.25, 0.3) is 0 Å². The lowest BCUT2D eigenvalue weighted by Gasteiger charge is -2.35. The van der Waals surface area contributed by atoms with Gasteiger partial charge in [-0.1, -0.05) is 6.66 Å². The molecule has 4 heterocycles. The number of likely N-dealkylation sites (tertiary alicyclic amines) is 1. The maximum Gasteiger partial charge on any atom is 0.223 e. The second kappa shape index (κ2) is 23.1. The normalized spacial score (nSPS) is 18.8. The van der Waals surface area contributed by atoms with Gasteiger partial charge < -0.3 is 19.7 Å². The van der Waals surface area contributed by atoms with Gasteiger partial charge in [0, 0.05) is 64.3 Å². The molecule has 1 N–H and O–H groups in total. The number of amides is 2. The van der Waals surface area contributed by atoms with E-state index in [9.17, 15) is 9.59 Å². The van der Waals surface area contributed by atoms with Gasteiger partial charge in [-0.3, -0.25) is 19.6 Å². The van der Waals surface area contributed by atoms with Crippen LogP contribution in [0.2, 0.25) is 0 Å². The summed E-state index contributed by atoms with van der Waals surface area (Å²) >= 11 is 5.50. The van der Waals surface area contributed by atoms with Gasteiger partial charge >= 0.3 is 0 Å². The van der Waals surface area contributed by atoms with Crippen LogP contribution in [0.1, 0.15) is 49.7 Å². The molecule has 4 rings (SSSR count). The van der Waals surface area contributed by atoms with E-state index in [1.165, 1.54) is 0 Å². The SMILES string of the molecule is COC[C@@H]1CCCC(=O)N1.COC[C@@H]1CCCC(=O)N1Cc1ccncc1.Cl.ClCc1ccncc1.[3H]PC. The fourth-order valence-electron chi connectivity index (χ4n) is 3.94. The monoisotopic (exact) mass is 590 g/mol. The highest BCUT2D eigenvalue weighted by Crippen LogP contribution is 2.20. The molecule has 3 atom stereocenters. The van der Waals surface area contributed by atoms with Crippen molar-refractivity contribution in [2.75, 3.05) is 34.1 Å². The van der Waals surface area contributed by atoms with Crippen LogP contribution < -0.4 is 5.32 Å². The number of piperidine rings is 2. The molecule has 11 heteroatoms. The molecule has 2 aromatic rings. The maximum absolute atomic E-state index is 11.9. The molecule has 0 bridgehead atoms. The molecule has 0 aliphatic carbocycles. The summed E-state index contributed by atoms with van der Waals surface area (Å²) in [7, 11) is 3.67. The van der Waals surface area contributed by atoms with E-state index in [0.29, 0.717) is 47.7 Å². The predicted molar refractivity (Wildman–Crippen MR) is 159 cm³/mol. The number of carbonyl (C=O) groups excluding carboxylic acids is 2. The topological polar surface area (TPSA) is 93.6 Å². The molecule has 38 heavy (non-hydrogen) atoms. The van der Waals surface area contributed by atoms with Gasteiger partial charge in [-0.15, -0.1) is 33.2 Å². The number of rotatable bonds is 7. The number of ether oxygens (including phenoxy) is 2. The summed E-state index contributed by atoms with van der Waals surface area (Å²) in [5.74, 6) is 0.964. The number of carbonyl (C=O) groups is 2. The summed E-state index contributed by atoms with van der Waals surface area (Å²) in [6.07, 6.45) is 12.4. The molecule has 0 spiro atoms. The first-order valence-electron chi connectivity index (χ1n) is 13.0. The second-order valence-corrected chi connectivity index (χ2v) is 8.75. The van der Waals surface area contributed by atoms with Crippen molar-refractivity contribution in [2.45, 2.75) is 63.0 Å². The largest absolute Gasteiger partial charge is 0.383 e. The van der Waals surface area contributed by atoms with Gasteiger partial charge in [-0.2, -0.15) is 0 Å². The van der Waals surface area contributed by atoms with Crippen LogP contribution in [0.3, 0.4) is 0 Å². The number of hydrogen-bond donors (Lipinski definition) is 1. The number of halogens is 2. The van der Waals surface area contributed by atoms with Crippen LogP contribution in [0, 0.1) is 0 Å². The first-order chi connectivity index (χ1) is 18.5. The van der Waals surface area contributed by atoms with Crippen molar-refractivity contribution in [3.8, 4) is 0 Å². The first-order valence-corrected chi connectivity index (χ1v) is 14.0. The van der Waals surface area contributed by atoms with E-state index in [0.717, 1.165) is 36.8 Å². The van der Waals surface area contributed by atoms with Crippen molar-refractivity contribution in [3.63, 3.8) is 0 Å². The smallest absolute Gasteiger partial charge is 0.223 e. The van der Waals surface area contributed by atoms with Gasteiger partial charge in [0.15, 0.2) is 0 Å². The van der Waals surface area contributed by atoms with Crippen LogP contribution >= 0.6 is 33.2 Å². The van der Waals surface area contributed by atoms with E-state index in [2.05, 4.69) is 15.3 Å². The zero-order valence-corrected chi connectivity index (χ0v) is 25.2. The third-order valence-corrected chi connectivity index (χ3v) is 6.05. The van der Waals surface area contributed by atoms with Crippen LogP contribution in [-0.2, 0) is 31.5 Å². The van der Waals surface area contributed by atoms with Crippen molar-refractivity contribution in [1.82, 2.24) is 20.2 Å². The molecular weight excluding hydrogens is 546 g/mol. The quantitative estimate of drug-likeness (QED) is 0.373. The first kappa shape index (κ1) is 34.2. The number of alkyl halides is 1. The van der Waals surface area contributed by atoms with E-state index in [-0.39, 0.29) is 36.3 Å². The summed E-state index contributed by atoms with van der Waals surface area (Å²) in [6, 6.07) is 8.16. The average Bonchev–Trinajstić information content (AvgIpc) is 2.93. The zero-order chi connectivity index (χ0) is 28.0. The highest BCUT2D eigenvalue weighted by atomic mass is 35.5. The lowest BCUT2D eigenvalue weighted by molar-refractivity contribution is -0.138. The Bertz CT molecular complexity index is 887. The summed E-state index contributed by atoms with van der Waals surface area (Å²) in [4.78, 5) is 32.5. The van der Waals surface area contributed by atoms with Crippen LogP contribution in [0.15, 0.2) is 49.1 Å². The van der Waals surface area contributed by atoms with Gasteiger partial charge in [0.1, 0.15) is 0 Å². The summed E-state index contributed by atoms with van der Waals surface area (Å²) in [5.41, 5.74) is 2.23. The number of hydrogen-bond acceptors (Lipinski definition) is 6. The molecule has 2 saturated heterocycles. The standard InChI is InChI=1S/C13H18N2O2.C7H13NO2.C6H6ClN.CH5P.ClH/c1-17-10-12-3-2-4-13(16)15(12)9-11-5-7-14-8-6-11;1-10-5-6-3-2-4-7(9)8-6;7-5-6-1-3-8-4-2-6;1-2;/h5-8,12H,2-4,9-10H2,1H3;6H,2-5H2,1H3,(H,8,9);1-4H,5H2;2H2,1H3;1H/t12-;6-;;;/m00.../s1/i;;;2T;. The molecular formula is C27H43Cl2N4O4P. The summed E-state index contributed by atoms with van der Waals surface area (Å²) in [5, 5.41) is 2.85. The maximum atomic E-state index is 11.9. The molecule has 0 radical (unpaired) electrons. The minimum absolute atomic E-state index is 0. The predicted octanol–water partition coefficient (Wildman–Crippen LogP) is 4.64. The number of pyridine rings is 2. The van der Waals surface area contributed by atoms with E-state index < -0.39 is 0 Å². The molecule has 2 aliphatic heterocycles. The second-order valence-electron chi connectivity index (χ2n) is 8.48. The summed E-state index contributed by atoms with van der Waals surface area (Å²) in [6.45, 7) is 3.75. The Morgan fingerprint density at radius 3 is 2.05 bits per heavy atom. The highest BCUT2D eigenvalue weighted by molar-refractivity contribution is 7.15. The highest BCUT2D eigenvalue weighted by Gasteiger charge is 2.27. The molecule has 0 aromatic carbocycles.